The molecule has 1 nitrogen and oxygen atoms in total. The van der Waals surface area contributed by atoms with Crippen LogP contribution in [0.3, 0.4) is 0 Å². The fourth-order valence-electron chi connectivity index (χ4n) is 0.845. The third-order valence-electron chi connectivity index (χ3n) is 1.97. The molecule has 0 saturated carbocycles. The van der Waals surface area contributed by atoms with Crippen LogP contribution in [0.4, 0.5) is 0 Å². The molecule has 0 bridgehead atoms. The number of aliphatic hydroxyl groups excluding tert-OH is 1. The van der Waals surface area contributed by atoms with Crippen molar-refractivity contribution in [2.24, 2.45) is 5.92 Å². The molecule has 2 atom stereocenters. The lowest BCUT2D eigenvalue weighted by atomic mass is 9.98. The van der Waals surface area contributed by atoms with Gasteiger partial charge in [-0.05, 0) is 18.8 Å². The summed E-state index contributed by atoms with van der Waals surface area (Å²) in [6, 6.07) is 0. The molecule has 0 fully saturated rings. The maximum absolute atomic E-state index is 9.40. The second-order valence-corrected chi connectivity index (χ2v) is 2.82. The van der Waals surface area contributed by atoms with Gasteiger partial charge in [-0.2, -0.15) is 0 Å². The summed E-state index contributed by atoms with van der Waals surface area (Å²) in [5.41, 5.74) is 0. The molecule has 1 heteroatoms. The van der Waals surface area contributed by atoms with Gasteiger partial charge in [-0.3, -0.25) is 0 Å². The standard InChI is InChI=1S/C9H18O/c1-4-6-7-9(10)8(3)5-2/h4,8-10H,1,5-7H2,2-3H3. The summed E-state index contributed by atoms with van der Waals surface area (Å²) >= 11 is 0. The van der Waals surface area contributed by atoms with Gasteiger partial charge in [0.2, 0.25) is 0 Å². The van der Waals surface area contributed by atoms with Gasteiger partial charge in [0.1, 0.15) is 0 Å². The Kier molecular flexibility index (Phi) is 5.32. The van der Waals surface area contributed by atoms with Crippen molar-refractivity contribution in [3.05, 3.63) is 12.7 Å². The molecule has 60 valence electrons. The van der Waals surface area contributed by atoms with Gasteiger partial charge >= 0.3 is 0 Å². The summed E-state index contributed by atoms with van der Waals surface area (Å²) in [6.07, 6.45) is 4.55. The van der Waals surface area contributed by atoms with E-state index in [4.69, 9.17) is 0 Å². The van der Waals surface area contributed by atoms with Crippen molar-refractivity contribution >= 4 is 0 Å². The SMILES string of the molecule is C=CCCC(O)C(C)CC. The molecule has 0 aromatic rings. The lowest BCUT2D eigenvalue weighted by Crippen LogP contribution is -2.15. The van der Waals surface area contributed by atoms with Gasteiger partial charge in [0.15, 0.2) is 0 Å². The van der Waals surface area contributed by atoms with E-state index >= 15 is 0 Å². The smallest absolute Gasteiger partial charge is 0.0568 e. The zero-order valence-electron chi connectivity index (χ0n) is 7.01. The third kappa shape index (κ3) is 3.67. The van der Waals surface area contributed by atoms with Gasteiger partial charge in [-0.1, -0.05) is 26.3 Å². The molecular formula is C9H18O. The fraction of sp³-hybridized carbons (Fsp3) is 0.778. The van der Waals surface area contributed by atoms with Crippen LogP contribution in [-0.2, 0) is 0 Å². The minimum Gasteiger partial charge on any atom is -0.393 e. The van der Waals surface area contributed by atoms with E-state index in [-0.39, 0.29) is 6.10 Å². The Hall–Kier alpha value is -0.300. The third-order valence-corrected chi connectivity index (χ3v) is 1.97. The van der Waals surface area contributed by atoms with Crippen molar-refractivity contribution in [3.8, 4) is 0 Å². The molecule has 0 heterocycles. The van der Waals surface area contributed by atoms with Crippen LogP contribution in [0.25, 0.3) is 0 Å². The Bertz CT molecular complexity index is 88.7. The molecule has 1 N–H and O–H groups in total. The van der Waals surface area contributed by atoms with Crippen LogP contribution in [0.5, 0.6) is 0 Å². The van der Waals surface area contributed by atoms with E-state index in [9.17, 15) is 5.11 Å². The monoisotopic (exact) mass is 142 g/mol. The molecule has 0 radical (unpaired) electrons. The van der Waals surface area contributed by atoms with Gasteiger partial charge in [-0.15, -0.1) is 6.58 Å². The molecular weight excluding hydrogens is 124 g/mol. The average molecular weight is 142 g/mol. The minimum atomic E-state index is -0.136. The summed E-state index contributed by atoms with van der Waals surface area (Å²) in [5, 5.41) is 9.40. The van der Waals surface area contributed by atoms with Gasteiger partial charge < -0.3 is 5.11 Å². The zero-order chi connectivity index (χ0) is 7.98. The van der Waals surface area contributed by atoms with Crippen LogP contribution < -0.4 is 0 Å². The number of aliphatic hydroxyl groups is 1. The molecule has 0 rings (SSSR count). The summed E-state index contributed by atoms with van der Waals surface area (Å²) < 4.78 is 0. The van der Waals surface area contributed by atoms with Crippen molar-refractivity contribution in [1.82, 2.24) is 0 Å². The van der Waals surface area contributed by atoms with E-state index in [1.54, 1.807) is 0 Å². The van der Waals surface area contributed by atoms with E-state index in [0.29, 0.717) is 5.92 Å². The van der Waals surface area contributed by atoms with Crippen LogP contribution >= 0.6 is 0 Å². The zero-order valence-corrected chi connectivity index (χ0v) is 7.01. The van der Waals surface area contributed by atoms with Gasteiger partial charge in [0, 0.05) is 0 Å². The fourth-order valence-corrected chi connectivity index (χ4v) is 0.845. The van der Waals surface area contributed by atoms with E-state index in [1.165, 1.54) is 0 Å². The molecule has 0 aliphatic rings. The Morgan fingerprint density at radius 3 is 2.60 bits per heavy atom. The molecule has 0 spiro atoms. The Morgan fingerprint density at radius 2 is 2.20 bits per heavy atom. The van der Waals surface area contributed by atoms with Crippen molar-refractivity contribution in [3.63, 3.8) is 0 Å². The highest BCUT2D eigenvalue weighted by Gasteiger charge is 2.09. The maximum atomic E-state index is 9.40. The number of allylic oxidation sites excluding steroid dienone is 1. The van der Waals surface area contributed by atoms with E-state index < -0.39 is 0 Å². The van der Waals surface area contributed by atoms with Crippen molar-refractivity contribution in [2.75, 3.05) is 0 Å². The summed E-state index contributed by atoms with van der Waals surface area (Å²) in [7, 11) is 0. The Morgan fingerprint density at radius 1 is 1.60 bits per heavy atom. The van der Waals surface area contributed by atoms with E-state index in [2.05, 4.69) is 20.4 Å². The minimum absolute atomic E-state index is 0.136. The Labute approximate surface area is 63.8 Å². The average Bonchev–Trinajstić information content (AvgIpc) is 1.98. The summed E-state index contributed by atoms with van der Waals surface area (Å²) in [5.74, 6) is 0.431. The highest BCUT2D eigenvalue weighted by atomic mass is 16.3. The predicted octanol–water partition coefficient (Wildman–Crippen LogP) is 2.36. The molecule has 0 aromatic heterocycles. The van der Waals surface area contributed by atoms with Crippen LogP contribution in [0, 0.1) is 5.92 Å². The first kappa shape index (κ1) is 9.70. The van der Waals surface area contributed by atoms with Crippen LogP contribution in [0.15, 0.2) is 12.7 Å². The summed E-state index contributed by atoms with van der Waals surface area (Å²) in [4.78, 5) is 0. The maximum Gasteiger partial charge on any atom is 0.0568 e. The van der Waals surface area contributed by atoms with Gasteiger partial charge in [0.25, 0.3) is 0 Å². The second-order valence-electron chi connectivity index (χ2n) is 2.82. The quantitative estimate of drug-likeness (QED) is 0.584. The van der Waals surface area contributed by atoms with E-state index in [1.807, 2.05) is 6.08 Å². The largest absolute Gasteiger partial charge is 0.393 e. The van der Waals surface area contributed by atoms with Gasteiger partial charge in [0.05, 0.1) is 6.10 Å². The number of rotatable bonds is 5. The highest BCUT2D eigenvalue weighted by Crippen LogP contribution is 2.12. The van der Waals surface area contributed by atoms with Crippen molar-refractivity contribution in [1.29, 1.82) is 0 Å². The van der Waals surface area contributed by atoms with Crippen molar-refractivity contribution in [2.45, 2.75) is 39.2 Å². The lowest BCUT2D eigenvalue weighted by molar-refractivity contribution is 0.107. The lowest BCUT2D eigenvalue weighted by Gasteiger charge is -2.15. The highest BCUT2D eigenvalue weighted by molar-refractivity contribution is 4.71. The molecule has 0 aromatic carbocycles. The summed E-state index contributed by atoms with van der Waals surface area (Å²) in [6.45, 7) is 7.78. The van der Waals surface area contributed by atoms with Gasteiger partial charge in [-0.25, -0.2) is 0 Å². The first-order chi connectivity index (χ1) is 4.72. The normalized spacial score (nSPS) is 16.3. The van der Waals surface area contributed by atoms with E-state index in [0.717, 1.165) is 19.3 Å². The molecule has 0 aliphatic carbocycles. The number of hydrogen-bond acceptors (Lipinski definition) is 1. The number of hydrogen-bond donors (Lipinski definition) is 1. The van der Waals surface area contributed by atoms with Crippen LogP contribution in [0.2, 0.25) is 0 Å². The van der Waals surface area contributed by atoms with Crippen LogP contribution in [-0.4, -0.2) is 11.2 Å². The topological polar surface area (TPSA) is 20.2 Å². The molecule has 0 saturated heterocycles. The van der Waals surface area contributed by atoms with Crippen LogP contribution in [0.1, 0.15) is 33.1 Å². The Balaban J connectivity index is 3.40. The molecule has 0 amide bonds. The molecule has 10 heavy (non-hydrogen) atoms. The molecule has 2 unspecified atom stereocenters. The first-order valence-electron chi connectivity index (χ1n) is 4.01. The van der Waals surface area contributed by atoms with Crippen molar-refractivity contribution < 1.29 is 5.11 Å². The molecule has 0 aliphatic heterocycles. The predicted molar refractivity (Wildman–Crippen MR) is 44.9 cm³/mol. The first-order valence-corrected chi connectivity index (χ1v) is 4.01. The second kappa shape index (κ2) is 5.48.